The summed E-state index contributed by atoms with van der Waals surface area (Å²) in [6.45, 7) is 1.88. The van der Waals surface area contributed by atoms with Crippen LogP contribution in [0.3, 0.4) is 0 Å². The van der Waals surface area contributed by atoms with Crippen molar-refractivity contribution in [1.82, 2.24) is 5.32 Å². The van der Waals surface area contributed by atoms with Crippen molar-refractivity contribution < 1.29 is 4.92 Å². The highest BCUT2D eigenvalue weighted by Crippen LogP contribution is 2.27. The van der Waals surface area contributed by atoms with Crippen LogP contribution < -0.4 is 10.6 Å². The maximum Gasteiger partial charge on any atom is 0.288 e. The number of hydrogen-bond donors (Lipinski definition) is 2. The third-order valence-electron chi connectivity index (χ3n) is 3.11. The summed E-state index contributed by atoms with van der Waals surface area (Å²) in [5, 5.41) is 17.5. The Labute approximate surface area is 111 Å². The molecule has 0 amide bonds. The second-order valence-corrected chi connectivity index (χ2v) is 4.86. The molecule has 1 heterocycles. The van der Waals surface area contributed by atoms with Crippen LogP contribution in [-0.2, 0) is 0 Å². The maximum atomic E-state index is 10.6. The third-order valence-corrected chi connectivity index (χ3v) is 3.41. The Balaban J connectivity index is 1.93. The maximum absolute atomic E-state index is 10.6. The van der Waals surface area contributed by atoms with Crippen LogP contribution >= 0.6 is 11.6 Å². The van der Waals surface area contributed by atoms with Crippen molar-refractivity contribution >= 4 is 23.0 Å². The summed E-state index contributed by atoms with van der Waals surface area (Å²) in [6, 6.07) is 5.18. The summed E-state index contributed by atoms with van der Waals surface area (Å²) in [4.78, 5) is 10.2. The zero-order valence-corrected chi connectivity index (χ0v) is 10.7. The predicted molar refractivity (Wildman–Crippen MR) is 72.2 cm³/mol. The second-order valence-electron chi connectivity index (χ2n) is 4.45. The number of nitrogens with zero attached hydrogens (tertiary/aromatic N) is 1. The van der Waals surface area contributed by atoms with Crippen molar-refractivity contribution in [3.63, 3.8) is 0 Å². The molecule has 6 heteroatoms. The number of nitro groups is 1. The lowest BCUT2D eigenvalue weighted by Gasteiger charge is -2.24. The lowest BCUT2D eigenvalue weighted by atomic mass is 10.1. The number of benzene rings is 1. The van der Waals surface area contributed by atoms with Gasteiger partial charge >= 0.3 is 0 Å². The zero-order chi connectivity index (χ0) is 13.0. The van der Waals surface area contributed by atoms with Crippen LogP contribution in [0.4, 0.5) is 11.4 Å². The van der Waals surface area contributed by atoms with Crippen LogP contribution in [0.2, 0.25) is 5.02 Å². The van der Waals surface area contributed by atoms with Crippen molar-refractivity contribution in [2.75, 3.05) is 18.4 Å². The molecule has 1 fully saturated rings. The normalized spacial score (nSPS) is 19.5. The molecule has 1 saturated heterocycles. The van der Waals surface area contributed by atoms with Gasteiger partial charge in [0.05, 0.1) is 4.92 Å². The minimum absolute atomic E-state index is 0.0574. The van der Waals surface area contributed by atoms with Gasteiger partial charge in [0, 0.05) is 24.3 Å². The quantitative estimate of drug-likeness (QED) is 0.651. The molecule has 5 nitrogen and oxygen atoms in total. The molecule has 1 aromatic carbocycles. The average Bonchev–Trinajstić information content (AvgIpc) is 2.37. The van der Waals surface area contributed by atoms with Gasteiger partial charge in [-0.15, -0.1) is 0 Å². The van der Waals surface area contributed by atoms with Gasteiger partial charge in [0.15, 0.2) is 0 Å². The third kappa shape index (κ3) is 3.34. The summed E-state index contributed by atoms with van der Waals surface area (Å²) in [5.74, 6) is 0. The van der Waals surface area contributed by atoms with Crippen LogP contribution in [0.1, 0.15) is 19.3 Å². The first-order chi connectivity index (χ1) is 8.66. The van der Waals surface area contributed by atoms with E-state index in [1.807, 2.05) is 0 Å². The van der Waals surface area contributed by atoms with E-state index in [-0.39, 0.29) is 10.7 Å². The smallest absolute Gasteiger partial charge is 0.288 e. The molecule has 1 atom stereocenters. The molecule has 0 radical (unpaired) electrons. The number of nitro benzene ring substituents is 1. The summed E-state index contributed by atoms with van der Waals surface area (Å²) in [5.41, 5.74) is 0.760. The van der Waals surface area contributed by atoms with Crippen LogP contribution in [0.15, 0.2) is 18.2 Å². The van der Waals surface area contributed by atoms with Crippen LogP contribution in [0, 0.1) is 10.1 Å². The Morgan fingerprint density at radius 3 is 2.94 bits per heavy atom. The van der Waals surface area contributed by atoms with E-state index >= 15 is 0 Å². The zero-order valence-electron chi connectivity index (χ0n) is 9.99. The molecular weight excluding hydrogens is 254 g/mol. The molecule has 1 aromatic rings. The standard InChI is InChI=1S/C12H16ClN3O2/c13-11-7-9(4-5-12(11)16(17)18)15-8-10-3-1-2-6-14-10/h4-5,7,10,14-15H,1-3,6,8H2. The van der Waals surface area contributed by atoms with E-state index in [0.717, 1.165) is 25.2 Å². The first-order valence-corrected chi connectivity index (χ1v) is 6.46. The number of anilines is 1. The fourth-order valence-corrected chi connectivity index (χ4v) is 2.35. The van der Waals surface area contributed by atoms with Crippen molar-refractivity contribution in [3.8, 4) is 0 Å². The van der Waals surface area contributed by atoms with Crippen LogP contribution in [0.5, 0.6) is 0 Å². The summed E-state index contributed by atoms with van der Waals surface area (Å²) in [7, 11) is 0. The van der Waals surface area contributed by atoms with E-state index in [4.69, 9.17) is 11.6 Å². The highest BCUT2D eigenvalue weighted by molar-refractivity contribution is 6.32. The second kappa shape index (κ2) is 6.02. The molecule has 1 unspecified atom stereocenters. The lowest BCUT2D eigenvalue weighted by Crippen LogP contribution is -2.39. The average molecular weight is 270 g/mol. The lowest BCUT2D eigenvalue weighted by molar-refractivity contribution is -0.384. The molecule has 98 valence electrons. The van der Waals surface area contributed by atoms with Gasteiger partial charge < -0.3 is 10.6 Å². The van der Waals surface area contributed by atoms with Crippen molar-refractivity contribution in [1.29, 1.82) is 0 Å². The van der Waals surface area contributed by atoms with Gasteiger partial charge in [-0.1, -0.05) is 18.0 Å². The van der Waals surface area contributed by atoms with Gasteiger partial charge in [-0.2, -0.15) is 0 Å². The van der Waals surface area contributed by atoms with E-state index in [1.54, 1.807) is 12.1 Å². The van der Waals surface area contributed by atoms with Crippen LogP contribution in [-0.4, -0.2) is 24.1 Å². The van der Waals surface area contributed by atoms with Crippen molar-refractivity contribution in [2.24, 2.45) is 0 Å². The molecule has 18 heavy (non-hydrogen) atoms. The number of piperidine rings is 1. The van der Waals surface area contributed by atoms with Gasteiger partial charge in [-0.25, -0.2) is 0 Å². The van der Waals surface area contributed by atoms with E-state index in [0.29, 0.717) is 6.04 Å². The first kappa shape index (κ1) is 13.1. The van der Waals surface area contributed by atoms with Crippen LogP contribution in [0.25, 0.3) is 0 Å². The molecule has 0 aromatic heterocycles. The van der Waals surface area contributed by atoms with Crippen molar-refractivity contribution in [3.05, 3.63) is 33.3 Å². The largest absolute Gasteiger partial charge is 0.383 e. The highest BCUT2D eigenvalue weighted by atomic mass is 35.5. The minimum Gasteiger partial charge on any atom is -0.383 e. The molecule has 2 rings (SSSR count). The Kier molecular flexibility index (Phi) is 4.38. The summed E-state index contributed by atoms with van der Waals surface area (Å²) in [6.07, 6.45) is 3.65. The fraction of sp³-hybridized carbons (Fsp3) is 0.500. The highest BCUT2D eigenvalue weighted by Gasteiger charge is 2.14. The Bertz CT molecular complexity index is 433. The Hall–Kier alpha value is -1.33. The predicted octanol–water partition coefficient (Wildman–Crippen LogP) is 2.80. The SMILES string of the molecule is O=[N+]([O-])c1ccc(NCC2CCCCN2)cc1Cl. The van der Waals surface area contributed by atoms with Gasteiger partial charge in [0.2, 0.25) is 0 Å². The van der Waals surface area contributed by atoms with Gasteiger partial charge in [-0.3, -0.25) is 10.1 Å². The Morgan fingerprint density at radius 2 is 2.33 bits per heavy atom. The molecule has 0 bridgehead atoms. The topological polar surface area (TPSA) is 67.2 Å². The number of rotatable bonds is 4. The molecule has 2 N–H and O–H groups in total. The van der Waals surface area contributed by atoms with E-state index in [2.05, 4.69) is 10.6 Å². The van der Waals surface area contributed by atoms with E-state index < -0.39 is 4.92 Å². The first-order valence-electron chi connectivity index (χ1n) is 6.08. The van der Waals surface area contributed by atoms with E-state index in [9.17, 15) is 10.1 Å². The molecule has 0 aliphatic carbocycles. The summed E-state index contributed by atoms with van der Waals surface area (Å²) < 4.78 is 0. The number of halogens is 1. The molecular formula is C12H16ClN3O2. The summed E-state index contributed by atoms with van der Waals surface area (Å²) >= 11 is 5.85. The van der Waals surface area contributed by atoms with Crippen molar-refractivity contribution in [2.45, 2.75) is 25.3 Å². The van der Waals surface area contributed by atoms with Gasteiger partial charge in [-0.05, 0) is 31.5 Å². The number of nitrogens with one attached hydrogen (secondary N) is 2. The molecule has 1 aliphatic rings. The number of hydrogen-bond acceptors (Lipinski definition) is 4. The van der Waals surface area contributed by atoms with Gasteiger partial charge in [0.25, 0.3) is 5.69 Å². The van der Waals surface area contributed by atoms with Gasteiger partial charge in [0.1, 0.15) is 5.02 Å². The van der Waals surface area contributed by atoms with E-state index in [1.165, 1.54) is 18.9 Å². The molecule has 0 saturated carbocycles. The molecule has 1 aliphatic heterocycles. The Morgan fingerprint density at radius 1 is 1.50 bits per heavy atom. The minimum atomic E-state index is -0.477. The monoisotopic (exact) mass is 269 g/mol. The fourth-order valence-electron chi connectivity index (χ4n) is 2.10. The molecule has 0 spiro atoms.